The lowest BCUT2D eigenvalue weighted by molar-refractivity contribution is -0.164. The second-order valence-corrected chi connectivity index (χ2v) is 15.0. The first kappa shape index (κ1) is 34.9. The number of pyridine rings is 1. The van der Waals surface area contributed by atoms with E-state index < -0.39 is 23.9 Å². The summed E-state index contributed by atoms with van der Waals surface area (Å²) >= 11 is 0. The summed E-state index contributed by atoms with van der Waals surface area (Å²) in [6.45, 7) is 16.5. The van der Waals surface area contributed by atoms with Crippen LogP contribution in [0.25, 0.3) is 28.0 Å². The number of aryl methyl sites for hydroxylation is 3. The molecule has 2 atom stereocenters. The molecule has 4 aromatic rings. The number of hydrogen-bond donors (Lipinski definition) is 1. The van der Waals surface area contributed by atoms with Crippen LogP contribution < -0.4 is 15.4 Å². The maximum atomic E-state index is 13.5. The van der Waals surface area contributed by atoms with Crippen LogP contribution in [0.15, 0.2) is 48.7 Å². The van der Waals surface area contributed by atoms with Crippen LogP contribution in [0, 0.1) is 20.8 Å². The van der Waals surface area contributed by atoms with Gasteiger partial charge in [-0.25, -0.2) is 9.78 Å². The number of nitrogens with zero attached hydrogens (tertiary/aromatic N) is 3. The number of piperidine rings is 1. The number of fused-ring (bicyclic) bond motifs is 8. The summed E-state index contributed by atoms with van der Waals surface area (Å²) in [4.78, 5) is 21.0. The molecule has 0 aliphatic carbocycles. The maximum Gasteiger partial charge on any atom is 0.339 e. The molecule has 262 valence electrons. The van der Waals surface area contributed by atoms with E-state index in [1.807, 2.05) is 33.8 Å². The van der Waals surface area contributed by atoms with Gasteiger partial charge in [0.2, 0.25) is 0 Å². The van der Waals surface area contributed by atoms with Gasteiger partial charge in [0, 0.05) is 42.6 Å². The van der Waals surface area contributed by atoms with Gasteiger partial charge in [0.05, 0.1) is 24.0 Å². The van der Waals surface area contributed by atoms with Gasteiger partial charge < -0.3 is 23.8 Å². The fourth-order valence-electron chi connectivity index (χ4n) is 7.00. The second kappa shape index (κ2) is 13.8. The normalized spacial score (nSPS) is 20.9. The van der Waals surface area contributed by atoms with E-state index in [2.05, 4.69) is 72.7 Å². The number of aromatic nitrogens is 2. The Labute approximate surface area is 290 Å². The summed E-state index contributed by atoms with van der Waals surface area (Å²) in [5.41, 5.74) is 14.4. The average molecular weight is 669 g/mol. The lowest BCUT2D eigenvalue weighted by Gasteiger charge is -2.42. The average Bonchev–Trinajstić information content (AvgIpc) is 3.47. The Morgan fingerprint density at radius 1 is 1.02 bits per heavy atom. The van der Waals surface area contributed by atoms with Crippen molar-refractivity contribution >= 4 is 17.4 Å². The van der Waals surface area contributed by atoms with Gasteiger partial charge in [-0.05, 0) is 127 Å². The Bertz CT molecular complexity index is 1830. The van der Waals surface area contributed by atoms with Gasteiger partial charge in [0.1, 0.15) is 23.4 Å². The zero-order valence-electron chi connectivity index (χ0n) is 30.4. The van der Waals surface area contributed by atoms with Gasteiger partial charge in [-0.15, -0.1) is 0 Å². The van der Waals surface area contributed by atoms with Crippen molar-refractivity contribution in [2.45, 2.75) is 104 Å². The SMILES string of the molecule is COC(=O)[C@@H](OC(C)(C)C)c1c(C)cc2nc3cn2c1N1CCC(C)(CC1)OCCCC[C@H](N)Oc1cc(C)c(C)cc1-c1cccc-3c1. The Morgan fingerprint density at radius 2 is 1.73 bits per heavy atom. The molecule has 0 spiro atoms. The first-order chi connectivity index (χ1) is 23.2. The third-order valence-corrected chi connectivity index (χ3v) is 9.92. The monoisotopic (exact) mass is 668 g/mol. The second-order valence-electron chi connectivity index (χ2n) is 15.0. The number of hydrogen-bond acceptors (Lipinski definition) is 8. The highest BCUT2D eigenvalue weighted by Crippen LogP contribution is 2.41. The van der Waals surface area contributed by atoms with E-state index in [9.17, 15) is 4.79 Å². The third-order valence-electron chi connectivity index (χ3n) is 9.92. The summed E-state index contributed by atoms with van der Waals surface area (Å²) < 4.78 is 26.9. The van der Waals surface area contributed by atoms with E-state index in [4.69, 9.17) is 29.7 Å². The van der Waals surface area contributed by atoms with E-state index in [1.54, 1.807) is 0 Å². The lowest BCUT2D eigenvalue weighted by atomic mass is 9.92. The number of rotatable bonds is 3. The van der Waals surface area contributed by atoms with Gasteiger partial charge in [0.25, 0.3) is 0 Å². The Balaban J connectivity index is 1.55. The maximum absolute atomic E-state index is 13.5. The molecule has 9 nitrogen and oxygen atoms in total. The Morgan fingerprint density at radius 3 is 2.45 bits per heavy atom. The first-order valence-electron chi connectivity index (χ1n) is 17.6. The molecule has 1 saturated heterocycles. The quantitative estimate of drug-likeness (QED) is 0.221. The van der Waals surface area contributed by atoms with E-state index in [-0.39, 0.29) is 5.60 Å². The number of imidazole rings is 1. The van der Waals surface area contributed by atoms with Crippen LogP contribution in [0.1, 0.15) is 88.2 Å². The van der Waals surface area contributed by atoms with Crippen molar-refractivity contribution in [2.24, 2.45) is 5.73 Å². The molecule has 2 aromatic carbocycles. The van der Waals surface area contributed by atoms with Gasteiger partial charge in [-0.3, -0.25) is 10.1 Å². The minimum atomic E-state index is -0.914. The highest BCUT2D eigenvalue weighted by atomic mass is 16.6. The van der Waals surface area contributed by atoms with Crippen molar-refractivity contribution in [1.29, 1.82) is 0 Å². The smallest absolute Gasteiger partial charge is 0.339 e. The highest BCUT2D eigenvalue weighted by molar-refractivity contribution is 5.82. The Kier molecular flexibility index (Phi) is 9.81. The van der Waals surface area contributed by atoms with Crippen LogP contribution in [0.3, 0.4) is 0 Å². The molecule has 0 saturated carbocycles. The minimum Gasteiger partial charge on any atom is -0.475 e. The number of benzene rings is 2. The van der Waals surface area contributed by atoms with Crippen molar-refractivity contribution < 1.29 is 23.7 Å². The van der Waals surface area contributed by atoms with Gasteiger partial charge in [0.15, 0.2) is 6.10 Å². The predicted molar refractivity (Wildman–Crippen MR) is 194 cm³/mol. The summed E-state index contributed by atoms with van der Waals surface area (Å²) in [7, 11) is 1.42. The molecule has 2 N–H and O–H groups in total. The third kappa shape index (κ3) is 7.49. The van der Waals surface area contributed by atoms with Crippen LogP contribution in [0.4, 0.5) is 5.82 Å². The van der Waals surface area contributed by atoms with Crippen LogP contribution in [-0.4, -0.2) is 59.6 Å². The topological polar surface area (TPSA) is 101 Å². The molecule has 6 bridgehead atoms. The van der Waals surface area contributed by atoms with Crippen LogP contribution in [0.2, 0.25) is 0 Å². The van der Waals surface area contributed by atoms with Crippen molar-refractivity contribution in [2.75, 3.05) is 31.7 Å². The fourth-order valence-corrected chi connectivity index (χ4v) is 7.00. The molecule has 9 heteroatoms. The molecule has 3 aliphatic rings. The van der Waals surface area contributed by atoms with Crippen molar-refractivity contribution in [3.05, 3.63) is 70.9 Å². The number of anilines is 1. The van der Waals surface area contributed by atoms with Crippen molar-refractivity contribution in [3.8, 4) is 28.1 Å². The molecule has 3 aliphatic heterocycles. The minimum absolute atomic E-state index is 0.252. The summed E-state index contributed by atoms with van der Waals surface area (Å²) in [5.74, 6) is 1.26. The number of carbonyl (C=O) groups excluding carboxylic acids is 1. The number of esters is 1. The molecule has 5 heterocycles. The van der Waals surface area contributed by atoms with Crippen LogP contribution in [-0.2, 0) is 19.0 Å². The molecule has 1 fully saturated rings. The van der Waals surface area contributed by atoms with Crippen LogP contribution in [0.5, 0.6) is 5.75 Å². The zero-order valence-corrected chi connectivity index (χ0v) is 30.4. The van der Waals surface area contributed by atoms with E-state index >= 15 is 0 Å². The molecule has 0 unspecified atom stereocenters. The standard InChI is InChI=1S/C40H52N4O5/c1-25-20-30-28-12-11-13-29(23-28)31-24-44-34(42-31)22-27(3)35(36(38(45)46-8)49-39(4,5)6)37(44)43-17-15-40(7,16-18-43)47-19-10-9-14-33(41)48-32(30)21-26(25)2/h11-13,20-24,33,36H,9-10,14-19,41H2,1-8H3/t33-,36+/m1/s1. The molecular weight excluding hydrogens is 616 g/mol. The molecule has 0 amide bonds. The largest absolute Gasteiger partial charge is 0.475 e. The Hall–Kier alpha value is -3.92. The number of nitrogens with two attached hydrogens (primary N) is 1. The summed E-state index contributed by atoms with van der Waals surface area (Å²) in [6.07, 6.45) is 4.98. The summed E-state index contributed by atoms with van der Waals surface area (Å²) in [5, 5.41) is 0. The molecular formula is C40H52N4O5. The van der Waals surface area contributed by atoms with Crippen LogP contribution >= 0.6 is 0 Å². The van der Waals surface area contributed by atoms with Crippen molar-refractivity contribution in [1.82, 2.24) is 9.38 Å². The van der Waals surface area contributed by atoms with Crippen molar-refractivity contribution in [3.63, 3.8) is 0 Å². The van der Waals surface area contributed by atoms with Gasteiger partial charge in [-0.1, -0.05) is 18.2 Å². The molecule has 0 radical (unpaired) electrons. The molecule has 7 rings (SSSR count). The number of ether oxygens (including phenoxy) is 4. The predicted octanol–water partition coefficient (Wildman–Crippen LogP) is 7.85. The van der Waals surface area contributed by atoms with E-state index in [0.29, 0.717) is 6.61 Å². The van der Waals surface area contributed by atoms with E-state index in [0.717, 1.165) is 101 Å². The molecule has 2 aromatic heterocycles. The highest BCUT2D eigenvalue weighted by Gasteiger charge is 2.37. The summed E-state index contributed by atoms with van der Waals surface area (Å²) in [6, 6.07) is 14.7. The first-order valence-corrected chi connectivity index (χ1v) is 17.6. The van der Waals surface area contributed by atoms with E-state index in [1.165, 1.54) is 12.7 Å². The fraction of sp³-hybridized carbons (Fsp3) is 0.500. The zero-order chi connectivity index (χ0) is 35.1. The molecule has 49 heavy (non-hydrogen) atoms. The van der Waals surface area contributed by atoms with Gasteiger partial charge >= 0.3 is 5.97 Å². The van der Waals surface area contributed by atoms with Gasteiger partial charge in [-0.2, -0.15) is 0 Å². The lowest BCUT2D eigenvalue weighted by Crippen LogP contribution is -2.45. The number of methoxy groups -OCH3 is 1. The number of carbonyl (C=O) groups is 1.